The Balaban J connectivity index is 3.43. The van der Waals surface area contributed by atoms with Gasteiger partial charge in [-0.1, -0.05) is 11.6 Å². The van der Waals surface area contributed by atoms with Crippen LogP contribution in [0.4, 0.5) is 0 Å². The first kappa shape index (κ1) is 10.7. The SMILES string of the molecule is COc1c(C(C)=O)ccc(C=O)c1Cl. The number of benzene rings is 1. The molecule has 0 radical (unpaired) electrons. The molecule has 3 nitrogen and oxygen atoms in total. The van der Waals surface area contributed by atoms with Crippen molar-refractivity contribution in [3.8, 4) is 5.75 Å². The van der Waals surface area contributed by atoms with E-state index < -0.39 is 0 Å². The molecule has 0 fully saturated rings. The number of carbonyl (C=O) groups excluding carboxylic acids is 2. The van der Waals surface area contributed by atoms with Crippen LogP contribution in [0.2, 0.25) is 5.02 Å². The van der Waals surface area contributed by atoms with E-state index in [-0.39, 0.29) is 16.6 Å². The fourth-order valence-corrected chi connectivity index (χ4v) is 1.43. The third-order valence-electron chi connectivity index (χ3n) is 1.84. The maximum absolute atomic E-state index is 11.1. The largest absolute Gasteiger partial charge is 0.494 e. The summed E-state index contributed by atoms with van der Waals surface area (Å²) < 4.78 is 4.97. The first-order valence-corrected chi connectivity index (χ1v) is 4.32. The van der Waals surface area contributed by atoms with Crippen molar-refractivity contribution >= 4 is 23.7 Å². The Morgan fingerprint density at radius 2 is 2.14 bits per heavy atom. The Labute approximate surface area is 86.6 Å². The van der Waals surface area contributed by atoms with Crippen molar-refractivity contribution in [2.24, 2.45) is 0 Å². The van der Waals surface area contributed by atoms with Crippen LogP contribution >= 0.6 is 11.6 Å². The minimum atomic E-state index is -0.152. The van der Waals surface area contributed by atoms with Gasteiger partial charge in [-0.15, -0.1) is 0 Å². The van der Waals surface area contributed by atoms with E-state index in [1.54, 1.807) is 0 Å². The topological polar surface area (TPSA) is 43.4 Å². The predicted molar refractivity (Wildman–Crippen MR) is 53.4 cm³/mol. The Hall–Kier alpha value is -1.35. The lowest BCUT2D eigenvalue weighted by molar-refractivity contribution is 0.101. The van der Waals surface area contributed by atoms with Crippen LogP contribution in [0, 0.1) is 0 Å². The summed E-state index contributed by atoms with van der Waals surface area (Å²) in [5.41, 5.74) is 0.691. The van der Waals surface area contributed by atoms with E-state index in [9.17, 15) is 9.59 Å². The molecule has 0 aliphatic rings. The molecule has 0 bridgehead atoms. The molecule has 0 heterocycles. The minimum absolute atomic E-state index is 0.152. The van der Waals surface area contributed by atoms with E-state index in [4.69, 9.17) is 16.3 Å². The molecule has 0 spiro atoms. The molecule has 0 saturated heterocycles. The van der Waals surface area contributed by atoms with Crippen LogP contribution in [0.5, 0.6) is 5.75 Å². The second kappa shape index (κ2) is 4.24. The van der Waals surface area contributed by atoms with Gasteiger partial charge in [-0.25, -0.2) is 0 Å². The Kier molecular flexibility index (Phi) is 3.25. The maximum Gasteiger partial charge on any atom is 0.163 e. The standard InChI is InChI=1S/C10H9ClO3/c1-6(13)8-4-3-7(5-12)9(11)10(8)14-2/h3-5H,1-2H3. The van der Waals surface area contributed by atoms with E-state index in [0.29, 0.717) is 17.4 Å². The Morgan fingerprint density at radius 1 is 1.50 bits per heavy atom. The molecule has 0 saturated carbocycles. The summed E-state index contributed by atoms with van der Waals surface area (Å²) in [5, 5.41) is 0.176. The summed E-state index contributed by atoms with van der Waals surface area (Å²) in [6.45, 7) is 1.41. The number of aldehydes is 1. The Bertz CT molecular complexity index is 385. The fraction of sp³-hybridized carbons (Fsp3) is 0.200. The number of ether oxygens (including phenoxy) is 1. The quantitative estimate of drug-likeness (QED) is 0.571. The second-order valence-electron chi connectivity index (χ2n) is 2.72. The van der Waals surface area contributed by atoms with Gasteiger partial charge in [0.1, 0.15) is 5.75 Å². The van der Waals surface area contributed by atoms with Gasteiger partial charge in [0.2, 0.25) is 0 Å². The third-order valence-corrected chi connectivity index (χ3v) is 2.23. The Morgan fingerprint density at radius 3 is 2.57 bits per heavy atom. The molecule has 0 amide bonds. The van der Waals surface area contributed by atoms with Crippen LogP contribution in [0.3, 0.4) is 0 Å². The fourth-order valence-electron chi connectivity index (χ4n) is 1.14. The number of Topliss-reactive ketones (excluding diaryl/α,β-unsaturated/α-hetero) is 1. The van der Waals surface area contributed by atoms with Crippen LogP contribution in [-0.2, 0) is 0 Å². The molecule has 4 heteroatoms. The van der Waals surface area contributed by atoms with Crippen molar-refractivity contribution in [1.82, 2.24) is 0 Å². The average molecular weight is 213 g/mol. The van der Waals surface area contributed by atoms with Crippen LogP contribution in [0.15, 0.2) is 12.1 Å². The van der Waals surface area contributed by atoms with Gasteiger partial charge in [0.25, 0.3) is 0 Å². The highest BCUT2D eigenvalue weighted by Gasteiger charge is 2.14. The molecular formula is C10H9ClO3. The van der Waals surface area contributed by atoms with E-state index in [1.165, 1.54) is 26.2 Å². The van der Waals surface area contributed by atoms with E-state index in [2.05, 4.69) is 0 Å². The summed E-state index contributed by atoms with van der Waals surface area (Å²) in [4.78, 5) is 21.7. The molecule has 0 aliphatic heterocycles. The van der Waals surface area contributed by atoms with Crippen LogP contribution < -0.4 is 4.74 Å². The molecule has 0 unspecified atom stereocenters. The number of carbonyl (C=O) groups is 2. The number of hydrogen-bond donors (Lipinski definition) is 0. The zero-order chi connectivity index (χ0) is 10.7. The molecule has 74 valence electrons. The summed E-state index contributed by atoms with van der Waals surface area (Å²) >= 11 is 5.85. The highest BCUT2D eigenvalue weighted by atomic mass is 35.5. The van der Waals surface area contributed by atoms with Crippen molar-refractivity contribution in [3.05, 3.63) is 28.3 Å². The van der Waals surface area contributed by atoms with E-state index in [1.807, 2.05) is 0 Å². The van der Waals surface area contributed by atoms with Crippen molar-refractivity contribution in [2.45, 2.75) is 6.92 Å². The highest BCUT2D eigenvalue weighted by molar-refractivity contribution is 6.35. The van der Waals surface area contributed by atoms with Gasteiger partial charge in [0.05, 0.1) is 17.7 Å². The first-order chi connectivity index (χ1) is 6.61. The van der Waals surface area contributed by atoms with Gasteiger partial charge in [-0.3, -0.25) is 9.59 Å². The van der Waals surface area contributed by atoms with Gasteiger partial charge in [0, 0.05) is 5.56 Å². The lowest BCUT2D eigenvalue weighted by Crippen LogP contribution is -1.99. The molecule has 1 aromatic rings. The number of methoxy groups -OCH3 is 1. The van der Waals surface area contributed by atoms with Gasteiger partial charge in [0.15, 0.2) is 12.1 Å². The monoisotopic (exact) mass is 212 g/mol. The molecule has 0 atom stereocenters. The minimum Gasteiger partial charge on any atom is -0.494 e. The van der Waals surface area contributed by atoms with Crippen molar-refractivity contribution in [1.29, 1.82) is 0 Å². The van der Waals surface area contributed by atoms with Gasteiger partial charge in [-0.05, 0) is 19.1 Å². The molecule has 14 heavy (non-hydrogen) atoms. The smallest absolute Gasteiger partial charge is 0.163 e. The van der Waals surface area contributed by atoms with Crippen molar-refractivity contribution < 1.29 is 14.3 Å². The van der Waals surface area contributed by atoms with Gasteiger partial charge >= 0.3 is 0 Å². The van der Waals surface area contributed by atoms with Crippen molar-refractivity contribution in [3.63, 3.8) is 0 Å². The maximum atomic E-state index is 11.1. The molecule has 0 N–H and O–H groups in total. The van der Waals surface area contributed by atoms with Crippen molar-refractivity contribution in [2.75, 3.05) is 7.11 Å². The molecule has 0 aliphatic carbocycles. The van der Waals surface area contributed by atoms with Crippen LogP contribution in [0.1, 0.15) is 27.6 Å². The average Bonchev–Trinajstić information content (AvgIpc) is 2.17. The zero-order valence-corrected chi connectivity index (χ0v) is 8.59. The molecule has 1 aromatic carbocycles. The second-order valence-corrected chi connectivity index (χ2v) is 3.10. The van der Waals surface area contributed by atoms with E-state index >= 15 is 0 Å². The number of rotatable bonds is 3. The normalized spacial score (nSPS) is 9.64. The number of ketones is 1. The summed E-state index contributed by atoms with van der Waals surface area (Å²) in [6, 6.07) is 3.02. The zero-order valence-electron chi connectivity index (χ0n) is 7.83. The van der Waals surface area contributed by atoms with Crippen LogP contribution in [-0.4, -0.2) is 19.2 Å². The summed E-state index contributed by atoms with van der Waals surface area (Å²) in [5.74, 6) is 0.102. The van der Waals surface area contributed by atoms with E-state index in [0.717, 1.165) is 0 Å². The van der Waals surface area contributed by atoms with Crippen LogP contribution in [0.25, 0.3) is 0 Å². The molecular weight excluding hydrogens is 204 g/mol. The summed E-state index contributed by atoms with van der Waals surface area (Å²) in [7, 11) is 1.40. The lowest BCUT2D eigenvalue weighted by Gasteiger charge is -2.08. The van der Waals surface area contributed by atoms with Gasteiger partial charge in [-0.2, -0.15) is 0 Å². The lowest BCUT2D eigenvalue weighted by atomic mass is 10.1. The first-order valence-electron chi connectivity index (χ1n) is 3.94. The highest BCUT2D eigenvalue weighted by Crippen LogP contribution is 2.31. The summed E-state index contributed by atoms with van der Waals surface area (Å²) in [6.07, 6.45) is 0.620. The number of halogens is 1. The number of hydrogen-bond acceptors (Lipinski definition) is 3. The molecule has 1 rings (SSSR count). The molecule has 0 aromatic heterocycles. The predicted octanol–water partition coefficient (Wildman–Crippen LogP) is 2.36. The third kappa shape index (κ3) is 1.77. The van der Waals surface area contributed by atoms with Gasteiger partial charge < -0.3 is 4.74 Å².